The van der Waals surface area contributed by atoms with E-state index in [0.29, 0.717) is 13.2 Å². The molecule has 0 radical (unpaired) electrons. The number of hydrogen-bond acceptors (Lipinski definition) is 4. The molecular formula is C18H21NO3. The number of para-hydroxylation sites is 1. The van der Waals surface area contributed by atoms with Crippen molar-refractivity contribution in [1.29, 1.82) is 0 Å². The van der Waals surface area contributed by atoms with Gasteiger partial charge in [-0.05, 0) is 24.6 Å². The van der Waals surface area contributed by atoms with Crippen molar-refractivity contribution in [3.63, 3.8) is 0 Å². The van der Waals surface area contributed by atoms with Crippen LogP contribution in [0.4, 0.5) is 0 Å². The Kier molecular flexibility index (Phi) is 6.45. The van der Waals surface area contributed by atoms with Crippen molar-refractivity contribution in [3.8, 4) is 5.75 Å². The van der Waals surface area contributed by atoms with Crippen LogP contribution in [0.1, 0.15) is 12.5 Å². The number of carbonyl (C=O) groups excluding carboxylic acids is 1. The first kappa shape index (κ1) is 16.0. The fourth-order valence-corrected chi connectivity index (χ4v) is 1.99. The molecule has 2 aromatic carbocycles. The third-order valence-corrected chi connectivity index (χ3v) is 3.13. The molecule has 0 aliphatic carbocycles. The monoisotopic (exact) mass is 299 g/mol. The lowest BCUT2D eigenvalue weighted by molar-refractivity contribution is -0.146. The minimum atomic E-state index is -0.500. The average Bonchev–Trinajstić information content (AvgIpc) is 2.57. The summed E-state index contributed by atoms with van der Waals surface area (Å²) in [6, 6.07) is 18.8. The summed E-state index contributed by atoms with van der Waals surface area (Å²) in [7, 11) is 0. The highest BCUT2D eigenvalue weighted by atomic mass is 16.5. The molecule has 2 aromatic rings. The van der Waals surface area contributed by atoms with Gasteiger partial charge in [0.25, 0.3) is 0 Å². The van der Waals surface area contributed by atoms with E-state index >= 15 is 0 Å². The molecule has 0 unspecified atom stereocenters. The molecule has 1 N–H and O–H groups in total. The Morgan fingerprint density at radius 3 is 2.32 bits per heavy atom. The van der Waals surface area contributed by atoms with Crippen molar-refractivity contribution in [2.75, 3.05) is 13.2 Å². The van der Waals surface area contributed by atoms with Crippen LogP contribution in [0.5, 0.6) is 5.75 Å². The van der Waals surface area contributed by atoms with Crippen molar-refractivity contribution in [1.82, 2.24) is 5.32 Å². The fourth-order valence-electron chi connectivity index (χ4n) is 1.99. The molecular weight excluding hydrogens is 278 g/mol. The predicted octanol–water partition coefficient (Wildman–Crippen LogP) is 2.79. The van der Waals surface area contributed by atoms with Gasteiger partial charge in [0.1, 0.15) is 18.4 Å². The van der Waals surface area contributed by atoms with E-state index < -0.39 is 6.04 Å². The van der Waals surface area contributed by atoms with E-state index in [1.54, 1.807) is 6.92 Å². The van der Waals surface area contributed by atoms with Gasteiger partial charge in [-0.3, -0.25) is 10.1 Å². The molecule has 0 aliphatic heterocycles. The number of benzene rings is 2. The highest BCUT2D eigenvalue weighted by Gasteiger charge is 2.20. The van der Waals surface area contributed by atoms with Gasteiger partial charge < -0.3 is 9.47 Å². The largest absolute Gasteiger partial charge is 0.491 e. The molecule has 0 saturated heterocycles. The Balaban J connectivity index is 1.92. The molecule has 0 spiro atoms. The second-order valence-electron chi connectivity index (χ2n) is 4.80. The molecule has 0 bridgehead atoms. The SMILES string of the molecule is CCOC(=O)[C@H](COc1ccccc1)NCc1ccccc1. The van der Waals surface area contributed by atoms with E-state index in [4.69, 9.17) is 9.47 Å². The lowest BCUT2D eigenvalue weighted by atomic mass is 10.2. The minimum absolute atomic E-state index is 0.232. The van der Waals surface area contributed by atoms with Crippen LogP contribution in [0, 0.1) is 0 Å². The first-order chi connectivity index (χ1) is 10.8. The van der Waals surface area contributed by atoms with Gasteiger partial charge in [-0.2, -0.15) is 0 Å². The maximum Gasteiger partial charge on any atom is 0.326 e. The molecule has 0 heterocycles. The molecule has 0 fully saturated rings. The van der Waals surface area contributed by atoms with Gasteiger partial charge in [-0.15, -0.1) is 0 Å². The second-order valence-corrected chi connectivity index (χ2v) is 4.80. The van der Waals surface area contributed by atoms with Crippen LogP contribution in [0.3, 0.4) is 0 Å². The van der Waals surface area contributed by atoms with Gasteiger partial charge in [0.2, 0.25) is 0 Å². The van der Waals surface area contributed by atoms with Crippen LogP contribution in [-0.2, 0) is 16.1 Å². The summed E-state index contributed by atoms with van der Waals surface area (Å²) in [4.78, 5) is 12.0. The first-order valence-electron chi connectivity index (χ1n) is 7.41. The summed E-state index contributed by atoms with van der Waals surface area (Å²) in [5.74, 6) is 0.438. The summed E-state index contributed by atoms with van der Waals surface area (Å²) in [6.45, 7) is 2.97. The third kappa shape index (κ3) is 5.22. The van der Waals surface area contributed by atoms with Crippen LogP contribution in [0.15, 0.2) is 60.7 Å². The summed E-state index contributed by atoms with van der Waals surface area (Å²) in [5, 5.41) is 3.19. The summed E-state index contributed by atoms with van der Waals surface area (Å²) < 4.78 is 10.8. The molecule has 116 valence electrons. The zero-order chi connectivity index (χ0) is 15.6. The van der Waals surface area contributed by atoms with Gasteiger partial charge in [-0.25, -0.2) is 0 Å². The van der Waals surface area contributed by atoms with Gasteiger partial charge in [0.05, 0.1) is 6.61 Å². The lowest BCUT2D eigenvalue weighted by Crippen LogP contribution is -2.42. The normalized spacial score (nSPS) is 11.7. The van der Waals surface area contributed by atoms with Crippen LogP contribution in [0.25, 0.3) is 0 Å². The zero-order valence-corrected chi connectivity index (χ0v) is 12.7. The van der Waals surface area contributed by atoms with Crippen molar-refractivity contribution < 1.29 is 14.3 Å². The Hall–Kier alpha value is -2.33. The number of rotatable bonds is 8. The van der Waals surface area contributed by atoms with E-state index in [2.05, 4.69) is 5.32 Å². The van der Waals surface area contributed by atoms with Crippen molar-refractivity contribution >= 4 is 5.97 Å². The molecule has 0 aromatic heterocycles. The predicted molar refractivity (Wildman–Crippen MR) is 85.6 cm³/mol. The second kappa shape index (κ2) is 8.85. The van der Waals surface area contributed by atoms with Crippen LogP contribution in [0.2, 0.25) is 0 Å². The molecule has 4 nitrogen and oxygen atoms in total. The Bertz CT molecular complexity index is 514. The molecule has 2 rings (SSSR count). The summed E-state index contributed by atoms with van der Waals surface area (Å²) in [5.41, 5.74) is 1.11. The smallest absolute Gasteiger partial charge is 0.326 e. The van der Waals surface area contributed by atoms with Crippen LogP contribution >= 0.6 is 0 Å². The van der Waals surface area contributed by atoms with E-state index in [-0.39, 0.29) is 12.6 Å². The van der Waals surface area contributed by atoms with Gasteiger partial charge >= 0.3 is 5.97 Å². The quantitative estimate of drug-likeness (QED) is 0.761. The maximum absolute atomic E-state index is 12.0. The summed E-state index contributed by atoms with van der Waals surface area (Å²) >= 11 is 0. The van der Waals surface area contributed by atoms with Crippen LogP contribution < -0.4 is 10.1 Å². The van der Waals surface area contributed by atoms with E-state index in [1.807, 2.05) is 60.7 Å². The summed E-state index contributed by atoms with van der Waals surface area (Å²) in [6.07, 6.45) is 0. The molecule has 4 heteroatoms. The number of ether oxygens (including phenoxy) is 2. The maximum atomic E-state index is 12.0. The molecule has 0 saturated carbocycles. The minimum Gasteiger partial charge on any atom is -0.491 e. The number of esters is 1. The van der Waals surface area contributed by atoms with E-state index in [0.717, 1.165) is 11.3 Å². The molecule has 22 heavy (non-hydrogen) atoms. The van der Waals surface area contributed by atoms with E-state index in [1.165, 1.54) is 0 Å². The molecule has 1 atom stereocenters. The topological polar surface area (TPSA) is 47.6 Å². The van der Waals surface area contributed by atoms with Crippen LogP contribution in [-0.4, -0.2) is 25.2 Å². The average molecular weight is 299 g/mol. The third-order valence-electron chi connectivity index (χ3n) is 3.13. The van der Waals surface area contributed by atoms with E-state index in [9.17, 15) is 4.79 Å². The Morgan fingerprint density at radius 2 is 1.68 bits per heavy atom. The Labute approximate surface area is 131 Å². The molecule has 0 amide bonds. The standard InChI is InChI=1S/C18H21NO3/c1-2-21-18(20)17(14-22-16-11-7-4-8-12-16)19-13-15-9-5-3-6-10-15/h3-12,17,19H,2,13-14H2,1H3/t17-/m0/s1. The first-order valence-corrected chi connectivity index (χ1v) is 7.41. The highest BCUT2D eigenvalue weighted by molar-refractivity contribution is 5.76. The number of carbonyl (C=O) groups is 1. The van der Waals surface area contributed by atoms with Crippen molar-refractivity contribution in [2.24, 2.45) is 0 Å². The Morgan fingerprint density at radius 1 is 1.05 bits per heavy atom. The molecule has 0 aliphatic rings. The van der Waals surface area contributed by atoms with Gasteiger partial charge in [0.15, 0.2) is 0 Å². The van der Waals surface area contributed by atoms with Gasteiger partial charge in [-0.1, -0.05) is 48.5 Å². The number of nitrogens with one attached hydrogen (secondary N) is 1. The fraction of sp³-hybridized carbons (Fsp3) is 0.278. The highest BCUT2D eigenvalue weighted by Crippen LogP contribution is 2.09. The number of hydrogen-bond donors (Lipinski definition) is 1. The zero-order valence-electron chi connectivity index (χ0n) is 12.7. The van der Waals surface area contributed by atoms with Crippen molar-refractivity contribution in [2.45, 2.75) is 19.5 Å². The van der Waals surface area contributed by atoms with Gasteiger partial charge in [0, 0.05) is 6.54 Å². The van der Waals surface area contributed by atoms with Crippen molar-refractivity contribution in [3.05, 3.63) is 66.2 Å². The lowest BCUT2D eigenvalue weighted by Gasteiger charge is -2.18.